The largest absolute Gasteiger partial charge is 0.476 e. The molecular weight excluding hydrogens is 362 g/mol. The smallest absolute Gasteiger partial charge is 0.265 e. The molecule has 1 amide bonds. The van der Waals surface area contributed by atoms with E-state index in [-0.39, 0.29) is 12.0 Å². The molecule has 2 fully saturated rings. The molecule has 27 heavy (non-hydrogen) atoms. The van der Waals surface area contributed by atoms with Crippen molar-refractivity contribution < 1.29 is 14.3 Å². The van der Waals surface area contributed by atoms with E-state index < -0.39 is 6.10 Å². The molecule has 0 aliphatic carbocycles. The van der Waals surface area contributed by atoms with Crippen LogP contribution in [0.3, 0.4) is 0 Å². The second kappa shape index (κ2) is 8.44. The second-order valence-electron chi connectivity index (χ2n) is 7.39. The number of rotatable bonds is 3. The van der Waals surface area contributed by atoms with Gasteiger partial charge in [-0.05, 0) is 56.5 Å². The van der Waals surface area contributed by atoms with Crippen LogP contribution in [0.25, 0.3) is 0 Å². The summed E-state index contributed by atoms with van der Waals surface area (Å²) in [4.78, 5) is 16.9. The van der Waals surface area contributed by atoms with Gasteiger partial charge in [0.05, 0.1) is 18.3 Å². The number of carbonyl (C=O) groups is 1. The highest BCUT2D eigenvalue weighted by atomic mass is 32.1. The highest BCUT2D eigenvalue weighted by molar-refractivity contribution is 7.80. The zero-order chi connectivity index (χ0) is 18.6. The number of ether oxygens (including phenoxy) is 2. The van der Waals surface area contributed by atoms with Gasteiger partial charge in [-0.1, -0.05) is 12.1 Å². The van der Waals surface area contributed by atoms with E-state index in [2.05, 4.69) is 5.32 Å². The Morgan fingerprint density at radius 1 is 1.19 bits per heavy atom. The summed E-state index contributed by atoms with van der Waals surface area (Å²) >= 11 is 5.66. The number of hydrogen-bond donors (Lipinski definition) is 1. The van der Waals surface area contributed by atoms with E-state index >= 15 is 0 Å². The standard InChI is InChI=1S/C20H27N3O3S/c24-19(22-10-4-1-5-11-22)18-14-23(16-8-2-3-9-17(16)26-18)20(27)21-13-15-7-6-12-25-15/h2-3,8-9,15,18H,1,4-7,10-14H2,(H,21,27)/t15-,18-/m1/s1. The number of thiocarbonyl (C=S) groups is 1. The molecular formula is C20H27N3O3S. The normalized spacial score (nSPS) is 24.9. The van der Waals surface area contributed by atoms with Gasteiger partial charge in [-0.25, -0.2) is 0 Å². The molecule has 2 saturated heterocycles. The number of anilines is 1. The van der Waals surface area contributed by atoms with Gasteiger partial charge in [0.25, 0.3) is 5.91 Å². The second-order valence-corrected chi connectivity index (χ2v) is 7.78. The van der Waals surface area contributed by atoms with E-state index in [0.717, 1.165) is 51.1 Å². The van der Waals surface area contributed by atoms with Crippen molar-refractivity contribution in [3.8, 4) is 5.75 Å². The van der Waals surface area contributed by atoms with Crippen molar-refractivity contribution >= 4 is 28.9 Å². The first-order chi connectivity index (χ1) is 13.2. The first-order valence-electron chi connectivity index (χ1n) is 9.94. The summed E-state index contributed by atoms with van der Waals surface area (Å²) in [5, 5.41) is 3.95. The zero-order valence-corrected chi connectivity index (χ0v) is 16.4. The Hall–Kier alpha value is -1.86. The maximum atomic E-state index is 13.0. The summed E-state index contributed by atoms with van der Waals surface area (Å²) < 4.78 is 11.7. The molecule has 0 aromatic heterocycles. The lowest BCUT2D eigenvalue weighted by molar-refractivity contribution is -0.139. The molecule has 0 saturated carbocycles. The summed E-state index contributed by atoms with van der Waals surface area (Å²) in [6.07, 6.45) is 5.18. The van der Waals surface area contributed by atoms with Crippen molar-refractivity contribution in [1.82, 2.24) is 10.2 Å². The highest BCUT2D eigenvalue weighted by Gasteiger charge is 2.35. The Bertz CT molecular complexity index is 687. The molecule has 4 rings (SSSR count). The molecule has 3 aliphatic rings. The van der Waals surface area contributed by atoms with Gasteiger partial charge in [0.2, 0.25) is 0 Å². The third-order valence-electron chi connectivity index (χ3n) is 5.47. The van der Waals surface area contributed by atoms with Crippen molar-refractivity contribution in [2.24, 2.45) is 0 Å². The molecule has 0 bridgehead atoms. The van der Waals surface area contributed by atoms with E-state index in [1.165, 1.54) is 6.42 Å². The molecule has 1 aromatic rings. The van der Waals surface area contributed by atoms with Gasteiger partial charge in [0, 0.05) is 26.2 Å². The monoisotopic (exact) mass is 389 g/mol. The van der Waals surface area contributed by atoms with Gasteiger partial charge in [0.1, 0.15) is 5.75 Å². The van der Waals surface area contributed by atoms with Crippen LogP contribution in [0.15, 0.2) is 24.3 Å². The fourth-order valence-corrected chi connectivity index (χ4v) is 4.23. The summed E-state index contributed by atoms with van der Waals surface area (Å²) in [6, 6.07) is 7.77. The summed E-state index contributed by atoms with van der Waals surface area (Å²) in [5.74, 6) is 0.775. The van der Waals surface area contributed by atoms with Crippen molar-refractivity contribution in [1.29, 1.82) is 0 Å². The van der Waals surface area contributed by atoms with Crippen LogP contribution in [0, 0.1) is 0 Å². The molecule has 6 nitrogen and oxygen atoms in total. The third-order valence-corrected chi connectivity index (χ3v) is 5.83. The first-order valence-corrected chi connectivity index (χ1v) is 10.3. The molecule has 146 valence electrons. The Labute approximate surface area is 165 Å². The van der Waals surface area contributed by atoms with Crippen LogP contribution in [0.4, 0.5) is 5.69 Å². The van der Waals surface area contributed by atoms with Crippen molar-refractivity contribution in [3.05, 3.63) is 24.3 Å². The lowest BCUT2D eigenvalue weighted by Crippen LogP contribution is -2.55. The number of nitrogens with zero attached hydrogens (tertiary/aromatic N) is 2. The minimum Gasteiger partial charge on any atom is -0.476 e. The molecule has 3 aliphatic heterocycles. The molecule has 1 N–H and O–H groups in total. The van der Waals surface area contributed by atoms with Crippen molar-refractivity contribution in [2.45, 2.75) is 44.3 Å². The number of likely N-dealkylation sites (tertiary alicyclic amines) is 1. The SMILES string of the molecule is O=C([C@H]1CN(C(=S)NC[C@H]2CCCO2)c2ccccc2O1)N1CCCCC1. The number of piperidine rings is 1. The fraction of sp³-hybridized carbons (Fsp3) is 0.600. The average Bonchev–Trinajstić information content (AvgIpc) is 3.25. The molecule has 0 radical (unpaired) electrons. The van der Waals surface area contributed by atoms with Gasteiger partial charge in [0.15, 0.2) is 11.2 Å². The first kappa shape index (κ1) is 18.5. The topological polar surface area (TPSA) is 54.0 Å². The quantitative estimate of drug-likeness (QED) is 0.801. The molecule has 2 atom stereocenters. The molecule has 3 heterocycles. The maximum absolute atomic E-state index is 13.0. The van der Waals surface area contributed by atoms with Gasteiger partial charge in [-0.15, -0.1) is 0 Å². The van der Waals surface area contributed by atoms with Crippen LogP contribution < -0.4 is 15.0 Å². The summed E-state index contributed by atoms with van der Waals surface area (Å²) in [7, 11) is 0. The van der Waals surface area contributed by atoms with E-state index in [1.54, 1.807) is 0 Å². The molecule has 7 heteroatoms. The number of nitrogens with one attached hydrogen (secondary N) is 1. The Balaban J connectivity index is 1.47. The molecule has 1 aromatic carbocycles. The van der Waals surface area contributed by atoms with Crippen molar-refractivity contribution in [2.75, 3.05) is 37.7 Å². The predicted molar refractivity (Wildman–Crippen MR) is 108 cm³/mol. The highest BCUT2D eigenvalue weighted by Crippen LogP contribution is 2.33. The van der Waals surface area contributed by atoms with Crippen LogP contribution in [-0.2, 0) is 9.53 Å². The number of amides is 1. The summed E-state index contributed by atoms with van der Waals surface area (Å²) in [5.41, 5.74) is 0.907. The van der Waals surface area contributed by atoms with E-state index in [4.69, 9.17) is 21.7 Å². The molecule has 0 unspecified atom stereocenters. The lowest BCUT2D eigenvalue weighted by Gasteiger charge is -2.38. The zero-order valence-electron chi connectivity index (χ0n) is 15.6. The lowest BCUT2D eigenvalue weighted by atomic mass is 10.1. The number of para-hydroxylation sites is 2. The average molecular weight is 390 g/mol. The van der Waals surface area contributed by atoms with Crippen LogP contribution >= 0.6 is 12.2 Å². The third kappa shape index (κ3) is 4.19. The Morgan fingerprint density at radius 3 is 2.78 bits per heavy atom. The fourth-order valence-electron chi connectivity index (χ4n) is 3.98. The number of carbonyl (C=O) groups excluding carboxylic acids is 1. The van der Waals surface area contributed by atoms with Crippen molar-refractivity contribution in [3.63, 3.8) is 0 Å². The van der Waals surface area contributed by atoms with Crippen LogP contribution in [0.5, 0.6) is 5.75 Å². The van der Waals surface area contributed by atoms with E-state index in [9.17, 15) is 4.79 Å². The number of hydrogen-bond acceptors (Lipinski definition) is 4. The van der Waals surface area contributed by atoms with Crippen LogP contribution in [0.1, 0.15) is 32.1 Å². The maximum Gasteiger partial charge on any atom is 0.265 e. The van der Waals surface area contributed by atoms with Gasteiger partial charge < -0.3 is 24.6 Å². The van der Waals surface area contributed by atoms with Crippen LogP contribution in [0.2, 0.25) is 0 Å². The number of fused-ring (bicyclic) bond motifs is 1. The van der Waals surface area contributed by atoms with Gasteiger partial charge in [-0.2, -0.15) is 0 Å². The van der Waals surface area contributed by atoms with E-state index in [0.29, 0.717) is 24.0 Å². The Kier molecular flexibility index (Phi) is 5.78. The van der Waals surface area contributed by atoms with Gasteiger partial charge in [-0.3, -0.25) is 4.79 Å². The minimum absolute atomic E-state index is 0.0659. The van der Waals surface area contributed by atoms with Crippen LogP contribution in [-0.4, -0.2) is 60.9 Å². The predicted octanol–water partition coefficient (Wildman–Crippen LogP) is 2.32. The number of benzene rings is 1. The molecule has 0 spiro atoms. The van der Waals surface area contributed by atoms with Gasteiger partial charge >= 0.3 is 0 Å². The van der Waals surface area contributed by atoms with E-state index in [1.807, 2.05) is 34.1 Å². The summed E-state index contributed by atoms with van der Waals surface area (Å²) in [6.45, 7) is 3.60. The minimum atomic E-state index is -0.527. The Morgan fingerprint density at radius 2 is 2.00 bits per heavy atom.